The molecule has 0 saturated heterocycles. The van der Waals surface area contributed by atoms with Crippen LogP contribution in [-0.2, 0) is 0 Å². The van der Waals surface area contributed by atoms with E-state index < -0.39 is 8.07 Å². The molecule has 0 radical (unpaired) electrons. The highest BCUT2D eigenvalue weighted by molar-refractivity contribution is 6.80. The fraction of sp³-hybridized carbons (Fsp3) is 1.00. The third-order valence-corrected chi connectivity index (χ3v) is 14.3. The number of rotatable bonds is 8. The van der Waals surface area contributed by atoms with Crippen molar-refractivity contribution in [3.8, 4) is 0 Å². The summed E-state index contributed by atoms with van der Waals surface area (Å²) in [5, 5.41) is 4.70. The fourth-order valence-corrected chi connectivity index (χ4v) is 10.5. The Kier molecular flexibility index (Phi) is 8.39. The van der Waals surface area contributed by atoms with Crippen molar-refractivity contribution in [2.24, 2.45) is 0 Å². The van der Waals surface area contributed by atoms with Gasteiger partial charge in [-0.25, -0.2) is 0 Å². The molecule has 2 heteroatoms. The van der Waals surface area contributed by atoms with E-state index in [1.54, 1.807) is 11.3 Å². The van der Waals surface area contributed by atoms with Crippen LogP contribution in [0.1, 0.15) is 34.6 Å². The van der Waals surface area contributed by atoms with E-state index in [2.05, 4.69) is 34.6 Å². The van der Waals surface area contributed by atoms with Crippen LogP contribution in [0.2, 0.25) is 40.0 Å². The van der Waals surface area contributed by atoms with Crippen molar-refractivity contribution in [1.29, 1.82) is 0 Å². The van der Waals surface area contributed by atoms with Gasteiger partial charge < -0.3 is 0 Å². The Morgan fingerprint density at radius 2 is 1.21 bits per heavy atom. The smallest absolute Gasteiger partial charge is 0.0967 e. The van der Waals surface area contributed by atoms with Crippen molar-refractivity contribution < 1.29 is 0 Å². The molecule has 0 aliphatic rings. The van der Waals surface area contributed by atoms with Crippen molar-refractivity contribution >= 4 is 22.2 Å². The molecule has 0 aromatic rings. The standard InChI is InChI=1S/C8H19Si.2C2H5.Al/c1-5-9(6-2,7-3)8-4;2*1-2;/h1,5-8H2,2-4H3;2*1H2,2H3;. The molecule has 0 aromatic carbocycles. The molecular formula is C12H29AlSi. The predicted molar refractivity (Wildman–Crippen MR) is 73.5 cm³/mol. The van der Waals surface area contributed by atoms with Gasteiger partial charge in [-0.2, -0.15) is 0 Å². The molecule has 0 aliphatic heterocycles. The van der Waals surface area contributed by atoms with Crippen molar-refractivity contribution in [1.82, 2.24) is 0 Å². The summed E-state index contributed by atoms with van der Waals surface area (Å²) in [5.74, 6) is 0. The first-order chi connectivity index (χ1) is 6.67. The molecular weight excluding hydrogens is 199 g/mol. The lowest BCUT2D eigenvalue weighted by atomic mass is 10.9. The first kappa shape index (κ1) is 14.7. The maximum absolute atomic E-state index is 2.44. The van der Waals surface area contributed by atoms with Crippen LogP contribution in [0.25, 0.3) is 0 Å². The van der Waals surface area contributed by atoms with Crippen LogP contribution in [0.3, 0.4) is 0 Å². The highest BCUT2D eigenvalue weighted by Gasteiger charge is 2.27. The lowest BCUT2D eigenvalue weighted by Crippen LogP contribution is -2.32. The van der Waals surface area contributed by atoms with Crippen LogP contribution >= 0.6 is 0 Å². The summed E-state index contributed by atoms with van der Waals surface area (Å²) in [6.07, 6.45) is 0. The molecule has 0 fully saturated rings. The van der Waals surface area contributed by atoms with E-state index in [4.69, 9.17) is 0 Å². The topological polar surface area (TPSA) is 0 Å². The van der Waals surface area contributed by atoms with E-state index in [-0.39, 0.29) is 14.1 Å². The Hall–Kier alpha value is 0.749. The van der Waals surface area contributed by atoms with Gasteiger partial charge in [-0.1, -0.05) is 74.6 Å². The van der Waals surface area contributed by atoms with E-state index >= 15 is 0 Å². The normalized spacial score (nSPS) is 11.8. The van der Waals surface area contributed by atoms with Crippen LogP contribution < -0.4 is 0 Å². The molecule has 0 aromatic heterocycles. The van der Waals surface area contributed by atoms with Gasteiger partial charge in [0.15, 0.2) is 0 Å². The fourth-order valence-electron chi connectivity index (χ4n) is 2.49. The van der Waals surface area contributed by atoms with E-state index in [9.17, 15) is 0 Å². The van der Waals surface area contributed by atoms with Gasteiger partial charge in [0, 0.05) is 0 Å². The van der Waals surface area contributed by atoms with Gasteiger partial charge >= 0.3 is 0 Å². The minimum atomic E-state index is -0.778. The summed E-state index contributed by atoms with van der Waals surface area (Å²) in [7, 11) is -0.778. The predicted octanol–water partition coefficient (Wildman–Crippen LogP) is 5.03. The Labute approximate surface area is 96.9 Å². The average Bonchev–Trinajstić information content (AvgIpc) is 2.26. The van der Waals surface area contributed by atoms with Gasteiger partial charge in [0.25, 0.3) is 14.1 Å². The third-order valence-electron chi connectivity index (χ3n) is 4.49. The van der Waals surface area contributed by atoms with Gasteiger partial charge in [0.1, 0.15) is 0 Å². The molecule has 0 unspecified atom stereocenters. The summed E-state index contributed by atoms with van der Waals surface area (Å²) in [6.45, 7) is 12.1. The van der Waals surface area contributed by atoms with E-state index in [0.717, 1.165) is 0 Å². The third kappa shape index (κ3) is 4.51. The minimum absolute atomic E-state index is 0.299. The SMILES string of the molecule is C[CH2][Al]([CH2]C)[CH2]C[Si](CC)(CC)CC. The summed E-state index contributed by atoms with van der Waals surface area (Å²) < 4.78 is 0. The van der Waals surface area contributed by atoms with Crippen LogP contribution in [0, 0.1) is 0 Å². The molecule has 84 valence electrons. The zero-order chi connectivity index (χ0) is 11.0. The monoisotopic (exact) mass is 228 g/mol. The first-order valence-corrected chi connectivity index (χ1v) is 12.0. The second-order valence-corrected chi connectivity index (χ2v) is 14.3. The molecule has 0 spiro atoms. The zero-order valence-electron chi connectivity index (χ0n) is 11.0. The summed E-state index contributed by atoms with van der Waals surface area (Å²) >= 11 is -0.299. The Bertz CT molecular complexity index is 120. The molecule has 0 heterocycles. The summed E-state index contributed by atoms with van der Waals surface area (Å²) in [5.41, 5.74) is 0. The molecule has 0 rings (SSSR count). The lowest BCUT2D eigenvalue weighted by Gasteiger charge is -2.29. The van der Waals surface area contributed by atoms with E-state index in [1.165, 1.54) is 28.7 Å². The van der Waals surface area contributed by atoms with Gasteiger partial charge in [-0.15, -0.1) is 0 Å². The largest absolute Gasteiger partial charge is 0.260 e. The van der Waals surface area contributed by atoms with Crippen LogP contribution in [0.4, 0.5) is 0 Å². The molecule has 0 nitrogen and oxygen atoms in total. The molecule has 0 amide bonds. The second kappa shape index (κ2) is 7.97. The van der Waals surface area contributed by atoms with E-state index in [0.29, 0.717) is 0 Å². The summed E-state index contributed by atoms with van der Waals surface area (Å²) in [4.78, 5) is 0. The highest BCUT2D eigenvalue weighted by Crippen LogP contribution is 2.28. The minimum Gasteiger partial charge on any atom is -0.0967 e. The molecule has 0 bridgehead atoms. The first-order valence-electron chi connectivity index (χ1n) is 6.67. The number of hydrogen-bond acceptors (Lipinski definition) is 0. The van der Waals surface area contributed by atoms with Crippen molar-refractivity contribution in [2.75, 3.05) is 0 Å². The molecule has 0 atom stereocenters. The molecule has 0 N–H and O–H groups in total. The lowest BCUT2D eigenvalue weighted by molar-refractivity contribution is 1.09. The second-order valence-electron chi connectivity index (χ2n) is 4.78. The molecule has 0 saturated carbocycles. The summed E-state index contributed by atoms with van der Waals surface area (Å²) in [6, 6.07) is 6.21. The maximum atomic E-state index is 2.44. The van der Waals surface area contributed by atoms with Crippen molar-refractivity contribution in [3.05, 3.63) is 0 Å². The average molecular weight is 228 g/mol. The van der Waals surface area contributed by atoms with Crippen LogP contribution in [0.15, 0.2) is 0 Å². The van der Waals surface area contributed by atoms with E-state index in [1.807, 2.05) is 0 Å². The Morgan fingerprint density at radius 3 is 1.50 bits per heavy atom. The zero-order valence-corrected chi connectivity index (χ0v) is 13.2. The quantitative estimate of drug-likeness (QED) is 0.511. The molecule has 14 heavy (non-hydrogen) atoms. The van der Waals surface area contributed by atoms with Crippen LogP contribution in [0.5, 0.6) is 0 Å². The van der Waals surface area contributed by atoms with Crippen molar-refractivity contribution in [3.63, 3.8) is 0 Å². The van der Waals surface area contributed by atoms with Crippen LogP contribution in [-0.4, -0.2) is 22.2 Å². The van der Waals surface area contributed by atoms with Gasteiger partial charge in [0.2, 0.25) is 0 Å². The van der Waals surface area contributed by atoms with Crippen molar-refractivity contribution in [2.45, 2.75) is 74.6 Å². The Morgan fingerprint density at radius 1 is 0.786 bits per heavy atom. The highest BCUT2D eigenvalue weighted by atomic mass is 28.3. The van der Waals surface area contributed by atoms with Gasteiger partial charge in [-0.3, -0.25) is 0 Å². The van der Waals surface area contributed by atoms with Gasteiger partial charge in [-0.05, 0) is 0 Å². The number of hydrogen-bond donors (Lipinski definition) is 0. The Balaban J connectivity index is 4.04. The maximum Gasteiger partial charge on any atom is 0.260 e. The molecule has 0 aliphatic carbocycles. The van der Waals surface area contributed by atoms with Gasteiger partial charge in [0.05, 0.1) is 8.07 Å².